The van der Waals surface area contributed by atoms with Gasteiger partial charge in [0.25, 0.3) is 0 Å². The Bertz CT molecular complexity index is 785. The molecule has 134 valence electrons. The summed E-state index contributed by atoms with van der Waals surface area (Å²) in [6.07, 6.45) is 1.49. The van der Waals surface area contributed by atoms with Crippen LogP contribution >= 0.6 is 0 Å². The molecule has 0 fully saturated rings. The van der Waals surface area contributed by atoms with Crippen molar-refractivity contribution in [1.29, 1.82) is 0 Å². The summed E-state index contributed by atoms with van der Waals surface area (Å²) in [4.78, 5) is 14.8. The maximum absolute atomic E-state index is 11.4. The summed E-state index contributed by atoms with van der Waals surface area (Å²) in [5.74, 6) is -0.0809. The van der Waals surface area contributed by atoms with Crippen LogP contribution < -0.4 is 5.73 Å². The Hall–Kier alpha value is -2.25. The SMILES string of the molecule is CC(C)(C)[Si](C)(C)OCc1ccccc1-c1ccnc(N)c1[N+](=O)[O-]. The van der Waals surface area contributed by atoms with Crippen molar-refractivity contribution in [3.8, 4) is 11.1 Å². The van der Waals surface area contributed by atoms with Crippen LogP contribution in [0, 0.1) is 10.1 Å². The fourth-order valence-electron chi connectivity index (χ4n) is 2.26. The van der Waals surface area contributed by atoms with E-state index in [2.05, 4.69) is 38.8 Å². The minimum absolute atomic E-state index is 0.0809. The molecule has 1 aromatic heterocycles. The predicted molar refractivity (Wildman–Crippen MR) is 103 cm³/mol. The minimum Gasteiger partial charge on any atom is -0.413 e. The van der Waals surface area contributed by atoms with Gasteiger partial charge in [0.15, 0.2) is 8.32 Å². The molecule has 2 N–H and O–H groups in total. The van der Waals surface area contributed by atoms with Crippen molar-refractivity contribution >= 4 is 19.8 Å². The molecule has 0 aliphatic heterocycles. The largest absolute Gasteiger partial charge is 0.413 e. The van der Waals surface area contributed by atoms with Gasteiger partial charge in [-0.2, -0.15) is 0 Å². The molecule has 1 aromatic carbocycles. The third-order valence-electron chi connectivity index (χ3n) is 4.84. The van der Waals surface area contributed by atoms with E-state index in [1.165, 1.54) is 6.20 Å². The van der Waals surface area contributed by atoms with E-state index in [0.717, 1.165) is 11.1 Å². The molecule has 0 aliphatic rings. The Labute approximate surface area is 149 Å². The second kappa shape index (κ2) is 6.93. The maximum Gasteiger partial charge on any atom is 0.318 e. The van der Waals surface area contributed by atoms with Crippen molar-refractivity contribution in [3.63, 3.8) is 0 Å². The van der Waals surface area contributed by atoms with Crippen molar-refractivity contribution < 1.29 is 9.35 Å². The summed E-state index contributed by atoms with van der Waals surface area (Å²) in [5.41, 5.74) is 7.69. The molecule has 0 atom stereocenters. The molecule has 6 nitrogen and oxygen atoms in total. The second-order valence-electron chi connectivity index (χ2n) is 7.56. The van der Waals surface area contributed by atoms with Gasteiger partial charge in [-0.05, 0) is 35.3 Å². The van der Waals surface area contributed by atoms with Crippen LogP contribution in [0.25, 0.3) is 11.1 Å². The number of nitrogen functional groups attached to an aromatic ring is 1. The molecule has 0 saturated heterocycles. The molecule has 0 bridgehead atoms. The molecule has 2 rings (SSSR count). The minimum atomic E-state index is -1.93. The van der Waals surface area contributed by atoms with Crippen LogP contribution in [0.4, 0.5) is 11.5 Å². The average molecular weight is 360 g/mol. The lowest BCUT2D eigenvalue weighted by molar-refractivity contribution is -0.383. The molecular weight excluding hydrogens is 334 g/mol. The Morgan fingerprint density at radius 1 is 1.20 bits per heavy atom. The Kier molecular flexibility index (Phi) is 5.29. The molecule has 0 amide bonds. The van der Waals surface area contributed by atoms with Gasteiger partial charge in [-0.3, -0.25) is 10.1 Å². The van der Waals surface area contributed by atoms with Gasteiger partial charge in [-0.1, -0.05) is 45.0 Å². The lowest BCUT2D eigenvalue weighted by atomic mass is 9.99. The number of nitrogens with zero attached hydrogens (tertiary/aromatic N) is 2. The highest BCUT2D eigenvalue weighted by molar-refractivity contribution is 6.74. The number of rotatable bonds is 5. The summed E-state index contributed by atoms with van der Waals surface area (Å²) < 4.78 is 6.29. The highest BCUT2D eigenvalue weighted by Gasteiger charge is 2.37. The first-order valence-electron chi connectivity index (χ1n) is 8.15. The van der Waals surface area contributed by atoms with E-state index in [9.17, 15) is 10.1 Å². The van der Waals surface area contributed by atoms with Crippen LogP contribution in [0.1, 0.15) is 26.3 Å². The second-order valence-corrected chi connectivity index (χ2v) is 12.4. The average Bonchev–Trinajstić information content (AvgIpc) is 2.51. The van der Waals surface area contributed by atoms with Gasteiger partial charge in [-0.25, -0.2) is 4.98 Å². The van der Waals surface area contributed by atoms with Crippen molar-refractivity contribution in [2.24, 2.45) is 0 Å². The predicted octanol–water partition coefficient (Wildman–Crippen LogP) is 4.76. The van der Waals surface area contributed by atoms with E-state index in [1.807, 2.05) is 24.3 Å². The topological polar surface area (TPSA) is 91.3 Å². The molecule has 0 aliphatic carbocycles. The van der Waals surface area contributed by atoms with E-state index in [1.54, 1.807) is 6.07 Å². The fraction of sp³-hybridized carbons (Fsp3) is 0.389. The molecule has 7 heteroatoms. The molecule has 1 heterocycles. The van der Waals surface area contributed by atoms with E-state index in [0.29, 0.717) is 12.2 Å². The van der Waals surface area contributed by atoms with Crippen LogP contribution in [0.3, 0.4) is 0 Å². The molecule has 0 spiro atoms. The van der Waals surface area contributed by atoms with E-state index in [-0.39, 0.29) is 16.5 Å². The number of hydrogen-bond acceptors (Lipinski definition) is 5. The van der Waals surface area contributed by atoms with Crippen LogP contribution in [0.5, 0.6) is 0 Å². The van der Waals surface area contributed by atoms with Gasteiger partial charge in [0.05, 0.1) is 17.1 Å². The summed E-state index contributed by atoms with van der Waals surface area (Å²) in [6, 6.07) is 9.17. The van der Waals surface area contributed by atoms with Crippen molar-refractivity contribution in [2.75, 3.05) is 5.73 Å². The summed E-state index contributed by atoms with van der Waals surface area (Å²) in [5, 5.41) is 11.5. The van der Waals surface area contributed by atoms with Crippen molar-refractivity contribution in [1.82, 2.24) is 4.98 Å². The molecule has 25 heavy (non-hydrogen) atoms. The Balaban J connectivity index is 2.44. The first kappa shape index (κ1) is 19.1. The maximum atomic E-state index is 11.4. The van der Waals surface area contributed by atoms with Crippen LogP contribution in [0.15, 0.2) is 36.5 Å². The summed E-state index contributed by atoms with van der Waals surface area (Å²) >= 11 is 0. The van der Waals surface area contributed by atoms with Crippen LogP contribution in [-0.4, -0.2) is 18.2 Å². The molecule has 2 aromatic rings. The number of benzene rings is 1. The molecular formula is C18H25N3O3Si. The number of nitro groups is 1. The summed E-state index contributed by atoms with van der Waals surface area (Å²) in [7, 11) is -1.93. The standard InChI is InChI=1S/C18H25N3O3Si/c1-18(2,3)25(4,5)24-12-13-8-6-7-9-14(13)15-10-11-20-17(19)16(15)21(22)23/h6-11H,12H2,1-5H3,(H2,19,20). The van der Waals surface area contributed by atoms with Gasteiger partial charge in [0.1, 0.15) is 0 Å². The highest BCUT2D eigenvalue weighted by Crippen LogP contribution is 2.39. The van der Waals surface area contributed by atoms with Gasteiger partial charge >= 0.3 is 5.69 Å². The zero-order valence-corrected chi connectivity index (χ0v) is 16.4. The van der Waals surface area contributed by atoms with E-state index >= 15 is 0 Å². The number of anilines is 1. The lowest BCUT2D eigenvalue weighted by Gasteiger charge is -2.36. The van der Waals surface area contributed by atoms with Crippen molar-refractivity contribution in [2.45, 2.75) is 45.5 Å². The molecule has 0 radical (unpaired) electrons. The van der Waals surface area contributed by atoms with Gasteiger partial charge in [0.2, 0.25) is 5.82 Å². The molecule has 0 unspecified atom stereocenters. The number of pyridine rings is 1. The van der Waals surface area contributed by atoms with E-state index in [4.69, 9.17) is 10.2 Å². The van der Waals surface area contributed by atoms with Gasteiger partial charge in [0, 0.05) is 6.20 Å². The monoisotopic (exact) mass is 359 g/mol. The Morgan fingerprint density at radius 3 is 2.44 bits per heavy atom. The highest BCUT2D eigenvalue weighted by atomic mass is 28.4. The zero-order chi connectivity index (χ0) is 18.8. The third kappa shape index (κ3) is 4.05. The smallest absolute Gasteiger partial charge is 0.318 e. The Morgan fingerprint density at radius 2 is 1.84 bits per heavy atom. The van der Waals surface area contributed by atoms with E-state index < -0.39 is 13.2 Å². The fourth-order valence-corrected chi connectivity index (χ4v) is 3.21. The third-order valence-corrected chi connectivity index (χ3v) is 9.32. The lowest BCUT2D eigenvalue weighted by Crippen LogP contribution is -2.40. The normalized spacial score (nSPS) is 12.2. The van der Waals surface area contributed by atoms with Crippen LogP contribution in [-0.2, 0) is 11.0 Å². The zero-order valence-electron chi connectivity index (χ0n) is 15.4. The summed E-state index contributed by atoms with van der Waals surface area (Å²) in [6.45, 7) is 11.3. The first-order valence-corrected chi connectivity index (χ1v) is 11.1. The molecule has 0 saturated carbocycles. The number of hydrogen-bond donors (Lipinski definition) is 1. The quantitative estimate of drug-likeness (QED) is 0.472. The number of nitrogens with two attached hydrogens (primary N) is 1. The number of aromatic nitrogens is 1. The van der Waals surface area contributed by atoms with Gasteiger partial charge in [-0.15, -0.1) is 0 Å². The van der Waals surface area contributed by atoms with Gasteiger partial charge < -0.3 is 10.2 Å². The first-order chi connectivity index (χ1) is 11.5. The van der Waals surface area contributed by atoms with Crippen LogP contribution in [0.2, 0.25) is 18.1 Å². The van der Waals surface area contributed by atoms with Crippen molar-refractivity contribution in [3.05, 3.63) is 52.2 Å².